The number of unbranched alkanes of at least 4 members (excludes halogenated alkanes) is 1. The number of Topliss-reactive ketones (excluding diaryl/α,β-unsaturated/α-hetero) is 1. The summed E-state index contributed by atoms with van der Waals surface area (Å²) in [6.45, 7) is 12.2. The predicted octanol–water partition coefficient (Wildman–Crippen LogP) is 9.15. The van der Waals surface area contributed by atoms with Crippen LogP contribution in [0.15, 0.2) is 59.0 Å². The van der Waals surface area contributed by atoms with Gasteiger partial charge in [-0.3, -0.25) is 4.79 Å². The molecule has 1 heterocycles. The van der Waals surface area contributed by atoms with Crippen LogP contribution in [0.1, 0.15) is 77.6 Å². The molecule has 6 heteroatoms. The molecule has 0 amide bonds. The van der Waals surface area contributed by atoms with Gasteiger partial charge in [-0.1, -0.05) is 58.4 Å². The van der Waals surface area contributed by atoms with Gasteiger partial charge >= 0.3 is 6.36 Å². The normalized spacial score (nSPS) is 16.0. The van der Waals surface area contributed by atoms with E-state index in [2.05, 4.69) is 36.0 Å². The summed E-state index contributed by atoms with van der Waals surface area (Å²) < 4.78 is 40.3. The van der Waals surface area contributed by atoms with Crippen LogP contribution in [-0.4, -0.2) is 17.9 Å². The van der Waals surface area contributed by atoms with Gasteiger partial charge in [0.2, 0.25) is 0 Å². The number of alkyl halides is 3. The van der Waals surface area contributed by atoms with E-state index >= 15 is 0 Å². The lowest BCUT2D eigenvalue weighted by atomic mass is 10.0. The van der Waals surface area contributed by atoms with Crippen LogP contribution in [0.25, 0.3) is 0 Å². The van der Waals surface area contributed by atoms with Gasteiger partial charge in [0, 0.05) is 22.6 Å². The van der Waals surface area contributed by atoms with E-state index in [4.69, 9.17) is 0 Å². The molecule has 0 fully saturated rings. The molecule has 1 unspecified atom stereocenters. The van der Waals surface area contributed by atoms with Gasteiger partial charge in [-0.15, -0.1) is 24.9 Å². The number of carbonyl (C=O) groups is 1. The second kappa shape index (κ2) is 16.7. The van der Waals surface area contributed by atoms with E-state index < -0.39 is 6.36 Å². The molecule has 1 aliphatic rings. The number of hydrogen-bond acceptors (Lipinski definition) is 3. The summed E-state index contributed by atoms with van der Waals surface area (Å²) in [7, 11) is 0. The third-order valence-corrected chi connectivity index (χ3v) is 5.62. The van der Waals surface area contributed by atoms with Gasteiger partial charge < -0.3 is 4.74 Å². The Labute approximate surface area is 196 Å². The maximum atomic E-state index is 12.2. The molecule has 0 saturated carbocycles. The van der Waals surface area contributed by atoms with Crippen molar-refractivity contribution >= 4 is 17.5 Å². The Morgan fingerprint density at radius 3 is 2.19 bits per heavy atom. The summed E-state index contributed by atoms with van der Waals surface area (Å²) in [4.78, 5) is 13.5. The van der Waals surface area contributed by atoms with Crippen LogP contribution in [0.4, 0.5) is 13.2 Å². The van der Waals surface area contributed by atoms with E-state index in [0.717, 1.165) is 25.0 Å². The zero-order valence-corrected chi connectivity index (χ0v) is 20.9. The summed E-state index contributed by atoms with van der Waals surface area (Å²) in [5.74, 6) is 1.37. The third kappa shape index (κ3) is 12.8. The van der Waals surface area contributed by atoms with E-state index in [1.807, 2.05) is 46.4 Å². The molecule has 1 aliphatic heterocycles. The van der Waals surface area contributed by atoms with Crippen molar-refractivity contribution in [3.05, 3.63) is 64.6 Å². The fraction of sp³-hybridized carbons (Fsp3) is 0.500. The first-order chi connectivity index (χ1) is 15.3. The highest BCUT2D eigenvalue weighted by Gasteiger charge is 2.31. The highest BCUT2D eigenvalue weighted by atomic mass is 32.2. The number of benzene rings is 1. The molecule has 1 aromatic rings. The smallest absolute Gasteiger partial charge is 0.406 e. The van der Waals surface area contributed by atoms with E-state index in [9.17, 15) is 18.0 Å². The van der Waals surface area contributed by atoms with Gasteiger partial charge in [0.15, 0.2) is 5.78 Å². The van der Waals surface area contributed by atoms with E-state index in [0.29, 0.717) is 17.9 Å². The first-order valence-electron chi connectivity index (χ1n) is 11.3. The lowest BCUT2D eigenvalue weighted by molar-refractivity contribution is -0.274. The number of carbonyl (C=O) groups excluding carboxylic acids is 1. The highest BCUT2D eigenvalue weighted by Crippen LogP contribution is 2.30. The van der Waals surface area contributed by atoms with Gasteiger partial charge in [0.25, 0.3) is 0 Å². The molecular weight excluding hydrogens is 433 g/mol. The van der Waals surface area contributed by atoms with Crippen LogP contribution >= 0.6 is 11.8 Å². The predicted molar refractivity (Wildman–Crippen MR) is 131 cm³/mol. The number of rotatable bonds is 9. The average Bonchev–Trinajstić information content (AvgIpc) is 3.20. The Morgan fingerprint density at radius 1 is 1.09 bits per heavy atom. The summed E-state index contributed by atoms with van der Waals surface area (Å²) in [5, 5.41) is 0. The fourth-order valence-electron chi connectivity index (χ4n) is 2.82. The first-order valence-corrected chi connectivity index (χ1v) is 12.3. The Morgan fingerprint density at radius 2 is 1.69 bits per heavy atom. The van der Waals surface area contributed by atoms with Gasteiger partial charge in [-0.2, -0.15) is 0 Å². The second-order valence-electron chi connectivity index (χ2n) is 6.76. The lowest BCUT2D eigenvalue weighted by Crippen LogP contribution is -2.17. The molecule has 0 spiro atoms. The Hall–Kier alpha value is -1.95. The molecule has 2 nitrogen and oxygen atoms in total. The summed E-state index contributed by atoms with van der Waals surface area (Å²) in [5.41, 5.74) is 1.64. The Bertz CT molecular complexity index is 747. The van der Waals surface area contributed by atoms with Crippen LogP contribution in [0, 0.1) is 5.92 Å². The van der Waals surface area contributed by atoms with Crippen molar-refractivity contribution in [2.75, 3.05) is 5.75 Å². The summed E-state index contributed by atoms with van der Waals surface area (Å²) in [6.07, 6.45) is 6.81. The molecule has 2 rings (SSSR count). The van der Waals surface area contributed by atoms with Gasteiger partial charge in [-0.25, -0.2) is 0 Å². The largest absolute Gasteiger partial charge is 0.573 e. The van der Waals surface area contributed by atoms with Gasteiger partial charge in [-0.05, 0) is 62.4 Å². The van der Waals surface area contributed by atoms with E-state index in [1.165, 1.54) is 34.7 Å². The SMILES string of the molecule is C/C=C(/C=C/C1=CC(C)CS1)CCCCC(=O)c1ccc(OC(F)(F)F)cc1.CC.CC. The van der Waals surface area contributed by atoms with Crippen molar-refractivity contribution in [1.29, 1.82) is 0 Å². The molecule has 32 heavy (non-hydrogen) atoms. The van der Waals surface area contributed by atoms with Gasteiger partial charge in [0.05, 0.1) is 0 Å². The molecule has 0 aromatic heterocycles. The highest BCUT2D eigenvalue weighted by molar-refractivity contribution is 8.03. The number of halogens is 3. The van der Waals surface area contributed by atoms with Crippen LogP contribution in [0.5, 0.6) is 5.75 Å². The third-order valence-electron chi connectivity index (χ3n) is 4.32. The molecule has 180 valence electrons. The maximum absolute atomic E-state index is 12.2. The number of thioether (sulfide) groups is 1. The van der Waals surface area contributed by atoms with Crippen molar-refractivity contribution in [2.45, 2.75) is 73.6 Å². The zero-order chi connectivity index (χ0) is 24.6. The van der Waals surface area contributed by atoms with E-state index in [-0.39, 0.29) is 11.5 Å². The molecule has 1 atom stereocenters. The fourth-order valence-corrected chi connectivity index (χ4v) is 3.87. The minimum atomic E-state index is -4.73. The van der Waals surface area contributed by atoms with Crippen molar-refractivity contribution < 1.29 is 22.7 Å². The second-order valence-corrected chi connectivity index (χ2v) is 7.85. The minimum Gasteiger partial charge on any atom is -0.406 e. The number of hydrogen-bond donors (Lipinski definition) is 0. The first kappa shape index (κ1) is 30.0. The maximum Gasteiger partial charge on any atom is 0.573 e. The molecule has 0 saturated heterocycles. The summed E-state index contributed by atoms with van der Waals surface area (Å²) in [6, 6.07) is 5.08. The number of ketones is 1. The zero-order valence-electron chi connectivity index (χ0n) is 20.1. The van der Waals surface area contributed by atoms with Crippen molar-refractivity contribution in [1.82, 2.24) is 0 Å². The summed E-state index contributed by atoms with van der Waals surface area (Å²) >= 11 is 1.87. The monoisotopic (exact) mass is 470 g/mol. The Kier molecular flexibility index (Phi) is 15.6. The van der Waals surface area contributed by atoms with Crippen molar-refractivity contribution in [3.63, 3.8) is 0 Å². The molecule has 0 aliphatic carbocycles. The molecular formula is C26H37F3O2S. The standard InChI is InChI=1S/C22H25F3O2S.2C2H6/c1-3-17(8-13-20-14-16(2)15-28-20)6-4-5-7-21(26)18-9-11-19(12-10-18)27-22(23,24)25;2*1-2/h3,8-14,16H,4-7,15H2,1-2H3;2*1-2H3/b13-8+,17-3+;;. The van der Waals surface area contributed by atoms with Crippen molar-refractivity contribution in [2.24, 2.45) is 5.92 Å². The Balaban J connectivity index is 0.00000227. The minimum absolute atomic E-state index is 0.0716. The van der Waals surface area contributed by atoms with Crippen LogP contribution in [0.2, 0.25) is 0 Å². The van der Waals surface area contributed by atoms with Crippen LogP contribution in [0.3, 0.4) is 0 Å². The van der Waals surface area contributed by atoms with Crippen molar-refractivity contribution in [3.8, 4) is 5.75 Å². The molecule has 0 N–H and O–H groups in total. The number of allylic oxidation sites excluding steroid dienone is 5. The molecule has 1 aromatic carbocycles. The molecule has 0 bridgehead atoms. The lowest BCUT2D eigenvalue weighted by Gasteiger charge is -2.09. The topological polar surface area (TPSA) is 26.3 Å². The average molecular weight is 471 g/mol. The van der Waals surface area contributed by atoms with Gasteiger partial charge in [0.1, 0.15) is 5.75 Å². The quantitative estimate of drug-likeness (QED) is 0.204. The van der Waals surface area contributed by atoms with E-state index in [1.54, 1.807) is 0 Å². The number of ether oxygens (including phenoxy) is 1. The van der Waals surface area contributed by atoms with Crippen LogP contribution in [-0.2, 0) is 0 Å². The van der Waals surface area contributed by atoms with Crippen LogP contribution < -0.4 is 4.74 Å². The molecule has 0 radical (unpaired) electrons.